The standard InChI is InChI=1S/C24H27N3O4S/c1-16-6-11-22(32(29,30)27-24(2,3)4)21(12-16)17-13-18(15-25-14-17)23(28)26-19-7-9-20(31-5)10-8-19/h6-15,27H,1-5H3,(H,26,28). The van der Waals surface area contributed by atoms with Gasteiger partial charge in [0, 0.05) is 34.7 Å². The highest BCUT2D eigenvalue weighted by molar-refractivity contribution is 7.89. The number of carbonyl (C=O) groups is 1. The van der Waals surface area contributed by atoms with Gasteiger partial charge in [-0.1, -0.05) is 17.7 Å². The molecule has 0 atom stereocenters. The van der Waals surface area contributed by atoms with Gasteiger partial charge in [-0.15, -0.1) is 0 Å². The van der Waals surface area contributed by atoms with Gasteiger partial charge in [0.2, 0.25) is 10.0 Å². The maximum absolute atomic E-state index is 13.0. The van der Waals surface area contributed by atoms with E-state index in [0.717, 1.165) is 5.56 Å². The molecule has 32 heavy (non-hydrogen) atoms. The van der Waals surface area contributed by atoms with Crippen molar-refractivity contribution in [3.8, 4) is 16.9 Å². The van der Waals surface area contributed by atoms with Gasteiger partial charge in [0.1, 0.15) is 5.75 Å². The van der Waals surface area contributed by atoms with Crippen LogP contribution >= 0.6 is 0 Å². The molecule has 168 valence electrons. The molecule has 1 aromatic heterocycles. The molecule has 0 fully saturated rings. The van der Waals surface area contributed by atoms with Crippen LogP contribution in [0.5, 0.6) is 5.75 Å². The van der Waals surface area contributed by atoms with E-state index in [-0.39, 0.29) is 10.8 Å². The zero-order chi connectivity index (χ0) is 23.5. The van der Waals surface area contributed by atoms with Crippen LogP contribution in [0.25, 0.3) is 11.1 Å². The predicted octanol–water partition coefficient (Wildman–Crippen LogP) is 4.39. The smallest absolute Gasteiger partial charge is 0.257 e. The fourth-order valence-electron chi connectivity index (χ4n) is 3.15. The number of hydrogen-bond donors (Lipinski definition) is 2. The third-order valence-electron chi connectivity index (χ3n) is 4.52. The van der Waals surface area contributed by atoms with Crippen LogP contribution in [0.15, 0.2) is 65.8 Å². The van der Waals surface area contributed by atoms with Crippen molar-refractivity contribution in [1.82, 2.24) is 9.71 Å². The monoisotopic (exact) mass is 453 g/mol. The molecule has 2 aromatic carbocycles. The molecule has 0 aliphatic carbocycles. The van der Waals surface area contributed by atoms with E-state index in [1.807, 2.05) is 6.92 Å². The number of aromatic nitrogens is 1. The number of methoxy groups -OCH3 is 1. The molecule has 0 radical (unpaired) electrons. The topological polar surface area (TPSA) is 97.4 Å². The van der Waals surface area contributed by atoms with E-state index in [4.69, 9.17) is 4.74 Å². The van der Waals surface area contributed by atoms with Crippen molar-refractivity contribution in [3.63, 3.8) is 0 Å². The van der Waals surface area contributed by atoms with Crippen molar-refractivity contribution < 1.29 is 17.9 Å². The summed E-state index contributed by atoms with van der Waals surface area (Å²) in [6.45, 7) is 7.23. The number of rotatable bonds is 6. The molecular weight excluding hydrogens is 426 g/mol. The van der Waals surface area contributed by atoms with E-state index in [1.54, 1.807) is 82.6 Å². The maximum atomic E-state index is 13.0. The zero-order valence-corrected chi connectivity index (χ0v) is 19.6. The van der Waals surface area contributed by atoms with Crippen LogP contribution in [0.1, 0.15) is 36.7 Å². The number of ether oxygens (including phenoxy) is 1. The second-order valence-corrected chi connectivity index (χ2v) is 10.2. The fraction of sp³-hybridized carbons (Fsp3) is 0.250. The number of carbonyl (C=O) groups excluding carboxylic acids is 1. The molecule has 0 saturated carbocycles. The Morgan fingerprint density at radius 1 is 1.00 bits per heavy atom. The molecule has 0 saturated heterocycles. The SMILES string of the molecule is COc1ccc(NC(=O)c2cncc(-c3cc(C)ccc3S(=O)(=O)NC(C)(C)C)c2)cc1. The highest BCUT2D eigenvalue weighted by Gasteiger charge is 2.25. The molecule has 0 aliphatic heterocycles. The van der Waals surface area contributed by atoms with E-state index in [1.165, 1.54) is 6.20 Å². The summed E-state index contributed by atoms with van der Waals surface area (Å²) >= 11 is 0. The molecule has 1 amide bonds. The van der Waals surface area contributed by atoms with Crippen LogP contribution in [0, 0.1) is 6.92 Å². The Morgan fingerprint density at radius 2 is 1.69 bits per heavy atom. The minimum atomic E-state index is -3.79. The first-order chi connectivity index (χ1) is 15.0. The Hall–Kier alpha value is -3.23. The van der Waals surface area contributed by atoms with Gasteiger partial charge in [-0.05, 0) is 64.1 Å². The van der Waals surface area contributed by atoms with Crippen LogP contribution in [-0.2, 0) is 10.0 Å². The van der Waals surface area contributed by atoms with E-state index in [2.05, 4.69) is 15.0 Å². The molecule has 3 aromatic rings. The lowest BCUT2D eigenvalue weighted by atomic mass is 10.0. The van der Waals surface area contributed by atoms with Crippen LogP contribution < -0.4 is 14.8 Å². The molecule has 0 bridgehead atoms. The molecule has 0 unspecified atom stereocenters. The molecule has 1 heterocycles. The number of sulfonamides is 1. The van der Waals surface area contributed by atoms with Gasteiger partial charge in [0.15, 0.2) is 0 Å². The van der Waals surface area contributed by atoms with Gasteiger partial charge < -0.3 is 10.1 Å². The lowest BCUT2D eigenvalue weighted by molar-refractivity contribution is 0.102. The molecule has 2 N–H and O–H groups in total. The number of hydrogen-bond acceptors (Lipinski definition) is 5. The zero-order valence-electron chi connectivity index (χ0n) is 18.8. The Morgan fingerprint density at radius 3 is 2.31 bits per heavy atom. The van der Waals surface area contributed by atoms with Gasteiger partial charge in [0.25, 0.3) is 5.91 Å². The maximum Gasteiger partial charge on any atom is 0.257 e. The Balaban J connectivity index is 1.97. The van der Waals surface area contributed by atoms with Crippen molar-refractivity contribution >= 4 is 21.6 Å². The number of benzene rings is 2. The highest BCUT2D eigenvalue weighted by Crippen LogP contribution is 2.29. The first-order valence-electron chi connectivity index (χ1n) is 10.0. The predicted molar refractivity (Wildman–Crippen MR) is 125 cm³/mol. The Bertz CT molecular complexity index is 1230. The number of nitrogens with one attached hydrogen (secondary N) is 2. The molecule has 8 heteroatoms. The van der Waals surface area contributed by atoms with E-state index < -0.39 is 15.6 Å². The minimum Gasteiger partial charge on any atom is -0.497 e. The first-order valence-corrected chi connectivity index (χ1v) is 11.5. The average Bonchev–Trinajstić information content (AvgIpc) is 2.72. The molecule has 7 nitrogen and oxygen atoms in total. The van der Waals surface area contributed by atoms with Crippen LogP contribution in [-0.4, -0.2) is 32.0 Å². The lowest BCUT2D eigenvalue weighted by Gasteiger charge is -2.22. The average molecular weight is 454 g/mol. The summed E-state index contributed by atoms with van der Waals surface area (Å²) in [4.78, 5) is 17.1. The summed E-state index contributed by atoms with van der Waals surface area (Å²) in [7, 11) is -2.22. The minimum absolute atomic E-state index is 0.132. The van der Waals surface area contributed by atoms with Crippen molar-refractivity contribution in [2.45, 2.75) is 38.1 Å². The van der Waals surface area contributed by atoms with Crippen molar-refractivity contribution in [2.24, 2.45) is 0 Å². The molecule has 0 spiro atoms. The van der Waals surface area contributed by atoms with Gasteiger partial charge in [-0.25, -0.2) is 13.1 Å². The van der Waals surface area contributed by atoms with Crippen LogP contribution in [0.3, 0.4) is 0 Å². The summed E-state index contributed by atoms with van der Waals surface area (Å²) < 4.78 is 33.9. The molecule has 0 aliphatic rings. The fourth-order valence-corrected chi connectivity index (χ4v) is 4.78. The van der Waals surface area contributed by atoms with E-state index in [9.17, 15) is 13.2 Å². The second-order valence-electron chi connectivity index (χ2n) is 8.50. The number of amides is 1. The van der Waals surface area contributed by atoms with Crippen molar-refractivity contribution in [1.29, 1.82) is 0 Å². The third kappa shape index (κ3) is 5.72. The van der Waals surface area contributed by atoms with E-state index in [0.29, 0.717) is 28.1 Å². The molecular formula is C24H27N3O4S. The highest BCUT2D eigenvalue weighted by atomic mass is 32.2. The summed E-state index contributed by atoms with van der Waals surface area (Å²) in [5, 5.41) is 2.81. The largest absolute Gasteiger partial charge is 0.497 e. The summed E-state index contributed by atoms with van der Waals surface area (Å²) in [5.41, 5.74) is 2.18. The van der Waals surface area contributed by atoms with Gasteiger partial charge in [0.05, 0.1) is 17.6 Å². The van der Waals surface area contributed by atoms with Crippen LogP contribution in [0.4, 0.5) is 5.69 Å². The summed E-state index contributed by atoms with van der Waals surface area (Å²) in [6, 6.07) is 13.7. The summed E-state index contributed by atoms with van der Waals surface area (Å²) in [5.74, 6) is 0.332. The van der Waals surface area contributed by atoms with Crippen molar-refractivity contribution in [3.05, 3.63) is 72.1 Å². The Labute approximate surface area is 188 Å². The van der Waals surface area contributed by atoms with Gasteiger partial charge in [-0.3, -0.25) is 9.78 Å². The second kappa shape index (κ2) is 9.10. The van der Waals surface area contributed by atoms with Gasteiger partial charge >= 0.3 is 0 Å². The first kappa shape index (κ1) is 23.4. The lowest BCUT2D eigenvalue weighted by Crippen LogP contribution is -2.40. The normalized spacial score (nSPS) is 11.8. The van der Waals surface area contributed by atoms with Crippen LogP contribution in [0.2, 0.25) is 0 Å². The number of pyridine rings is 1. The third-order valence-corrected chi connectivity index (χ3v) is 6.34. The van der Waals surface area contributed by atoms with Crippen molar-refractivity contribution in [2.75, 3.05) is 12.4 Å². The Kier molecular flexibility index (Phi) is 6.66. The number of anilines is 1. The van der Waals surface area contributed by atoms with E-state index >= 15 is 0 Å². The quantitative estimate of drug-likeness (QED) is 0.577. The molecule has 3 rings (SSSR count). The van der Waals surface area contributed by atoms with Gasteiger partial charge in [-0.2, -0.15) is 0 Å². The summed E-state index contributed by atoms with van der Waals surface area (Å²) in [6.07, 6.45) is 2.99. The number of aryl methyl sites for hydroxylation is 1. The number of nitrogens with zero attached hydrogens (tertiary/aromatic N) is 1.